The molecule has 2 aromatic heterocycles. The van der Waals surface area contributed by atoms with E-state index in [-0.39, 0.29) is 18.8 Å². The van der Waals surface area contributed by atoms with Crippen molar-refractivity contribution in [2.24, 2.45) is 0 Å². The Morgan fingerprint density at radius 1 is 1.21 bits per heavy atom. The van der Waals surface area contributed by atoms with E-state index < -0.39 is 5.97 Å². The predicted octanol–water partition coefficient (Wildman–Crippen LogP) is 2.41. The van der Waals surface area contributed by atoms with E-state index in [0.717, 1.165) is 16.6 Å². The first-order valence-electron chi connectivity index (χ1n) is 8.99. The van der Waals surface area contributed by atoms with Crippen molar-refractivity contribution < 1.29 is 19.0 Å². The molecule has 0 unspecified atom stereocenters. The third-order valence-corrected chi connectivity index (χ3v) is 5.25. The van der Waals surface area contributed by atoms with Gasteiger partial charge in [-0.1, -0.05) is 29.5 Å². The molecule has 0 bridgehead atoms. The fourth-order valence-electron chi connectivity index (χ4n) is 3.00. The Morgan fingerprint density at radius 2 is 2.03 bits per heavy atom. The number of rotatable bonds is 6. The van der Waals surface area contributed by atoms with Crippen LogP contribution in [0.5, 0.6) is 11.5 Å². The van der Waals surface area contributed by atoms with Gasteiger partial charge in [-0.15, -0.1) is 0 Å². The average molecular weight is 410 g/mol. The van der Waals surface area contributed by atoms with E-state index in [4.69, 9.17) is 14.2 Å². The van der Waals surface area contributed by atoms with Crippen LogP contribution in [0.15, 0.2) is 47.3 Å². The summed E-state index contributed by atoms with van der Waals surface area (Å²) in [6.07, 6.45) is 1.77. The Kier molecular flexibility index (Phi) is 5.18. The molecule has 0 aliphatic heterocycles. The van der Waals surface area contributed by atoms with E-state index in [9.17, 15) is 9.59 Å². The Morgan fingerprint density at radius 3 is 2.83 bits per heavy atom. The highest BCUT2D eigenvalue weighted by Gasteiger charge is 2.12. The van der Waals surface area contributed by atoms with E-state index in [1.165, 1.54) is 18.4 Å². The molecule has 0 spiro atoms. The number of thiazole rings is 1. The summed E-state index contributed by atoms with van der Waals surface area (Å²) < 4.78 is 17.9. The Bertz CT molecular complexity index is 1310. The molecule has 8 heteroatoms. The van der Waals surface area contributed by atoms with Gasteiger partial charge >= 0.3 is 5.97 Å². The van der Waals surface area contributed by atoms with Gasteiger partial charge in [0.15, 0.2) is 23.1 Å². The molecule has 148 valence electrons. The number of methoxy groups -OCH3 is 1. The first-order chi connectivity index (χ1) is 14.1. The lowest BCUT2D eigenvalue weighted by molar-refractivity contribution is -0.145. The van der Waals surface area contributed by atoms with Crippen LogP contribution in [0.1, 0.15) is 12.5 Å². The van der Waals surface area contributed by atoms with E-state index in [1.54, 1.807) is 29.5 Å². The summed E-state index contributed by atoms with van der Waals surface area (Å²) in [5.74, 6) is 0.423. The maximum Gasteiger partial charge on any atom is 0.344 e. The number of hydrogen-bond donors (Lipinski definition) is 0. The molecule has 7 nitrogen and oxygen atoms in total. The summed E-state index contributed by atoms with van der Waals surface area (Å²) in [5.41, 5.74) is 2.21. The molecule has 0 N–H and O–H groups in total. The van der Waals surface area contributed by atoms with Crippen LogP contribution in [0.4, 0.5) is 0 Å². The van der Waals surface area contributed by atoms with Gasteiger partial charge in [-0.2, -0.15) is 0 Å². The molecule has 4 aromatic rings. The van der Waals surface area contributed by atoms with E-state index >= 15 is 0 Å². The molecule has 0 fully saturated rings. The van der Waals surface area contributed by atoms with Crippen LogP contribution in [0.2, 0.25) is 0 Å². The summed E-state index contributed by atoms with van der Waals surface area (Å²) in [5, 5.41) is 0. The highest BCUT2D eigenvalue weighted by atomic mass is 32.1. The topological polar surface area (TPSA) is 79.1 Å². The molecule has 0 aliphatic carbocycles. The van der Waals surface area contributed by atoms with Crippen molar-refractivity contribution in [3.8, 4) is 11.5 Å². The minimum atomic E-state index is -0.461. The SMILES string of the molecule is CCOC(=O)COc1cc(/C=c2\sc3nc4ccccc4n3c2=O)ccc1OC. The summed E-state index contributed by atoms with van der Waals surface area (Å²) in [6.45, 7) is 1.79. The molecule has 0 aliphatic rings. The molecule has 2 aromatic carbocycles. The molecule has 0 saturated carbocycles. The lowest BCUT2D eigenvalue weighted by Gasteiger charge is -2.10. The second-order valence-electron chi connectivity index (χ2n) is 6.14. The van der Waals surface area contributed by atoms with Gasteiger partial charge in [-0.25, -0.2) is 14.2 Å². The zero-order valence-corrected chi connectivity index (χ0v) is 16.7. The number of benzene rings is 2. The molecule has 29 heavy (non-hydrogen) atoms. The third kappa shape index (κ3) is 3.66. The van der Waals surface area contributed by atoms with Crippen molar-refractivity contribution in [2.45, 2.75) is 6.92 Å². The number of fused-ring (bicyclic) bond motifs is 3. The van der Waals surface area contributed by atoms with Gasteiger partial charge in [0, 0.05) is 0 Å². The summed E-state index contributed by atoms with van der Waals surface area (Å²) in [4.78, 5) is 29.6. The number of para-hydroxylation sites is 2. The molecule has 4 rings (SSSR count). The maximum atomic E-state index is 12.9. The van der Waals surface area contributed by atoms with Gasteiger partial charge in [0.25, 0.3) is 5.56 Å². The highest BCUT2D eigenvalue weighted by molar-refractivity contribution is 7.15. The number of imidazole rings is 1. The third-order valence-electron chi connectivity index (χ3n) is 4.28. The van der Waals surface area contributed by atoms with Crippen LogP contribution in [0.25, 0.3) is 22.1 Å². The zero-order chi connectivity index (χ0) is 20.4. The molecule has 2 heterocycles. The number of carbonyl (C=O) groups is 1. The van der Waals surface area contributed by atoms with Gasteiger partial charge in [0.2, 0.25) is 0 Å². The van der Waals surface area contributed by atoms with Crippen LogP contribution < -0.4 is 19.6 Å². The normalized spacial score (nSPS) is 11.9. The molecule has 0 amide bonds. The Balaban J connectivity index is 1.72. The highest BCUT2D eigenvalue weighted by Crippen LogP contribution is 2.28. The minimum Gasteiger partial charge on any atom is -0.493 e. The van der Waals surface area contributed by atoms with Crippen molar-refractivity contribution in [3.05, 3.63) is 62.9 Å². The first-order valence-corrected chi connectivity index (χ1v) is 9.80. The fraction of sp³-hybridized carbons (Fsp3) is 0.190. The van der Waals surface area contributed by atoms with Crippen molar-refractivity contribution in [3.63, 3.8) is 0 Å². The standard InChI is InChI=1S/C21H18N2O5S/c1-3-27-19(24)12-28-17-10-13(8-9-16(17)26-2)11-18-20(25)23-15-7-5-4-6-14(15)22-21(23)29-18/h4-11H,3,12H2,1-2H3/b18-11-. The van der Waals surface area contributed by atoms with Crippen LogP contribution in [0.3, 0.4) is 0 Å². The van der Waals surface area contributed by atoms with Crippen molar-refractivity contribution in [1.82, 2.24) is 9.38 Å². The van der Waals surface area contributed by atoms with Crippen LogP contribution in [0, 0.1) is 0 Å². The van der Waals surface area contributed by atoms with Crippen molar-refractivity contribution >= 4 is 39.4 Å². The summed E-state index contributed by atoms with van der Waals surface area (Å²) >= 11 is 1.32. The average Bonchev–Trinajstić information content (AvgIpc) is 3.23. The van der Waals surface area contributed by atoms with Crippen LogP contribution in [-0.4, -0.2) is 35.7 Å². The van der Waals surface area contributed by atoms with Gasteiger partial charge in [0.1, 0.15) is 0 Å². The minimum absolute atomic E-state index is 0.122. The maximum absolute atomic E-state index is 12.9. The number of ether oxygens (including phenoxy) is 3. The van der Waals surface area contributed by atoms with E-state index in [1.807, 2.05) is 30.3 Å². The lowest BCUT2D eigenvalue weighted by atomic mass is 10.2. The molecule has 0 saturated heterocycles. The molecule has 0 atom stereocenters. The van der Waals surface area contributed by atoms with Crippen LogP contribution in [-0.2, 0) is 9.53 Å². The monoisotopic (exact) mass is 410 g/mol. The number of carbonyl (C=O) groups excluding carboxylic acids is 1. The smallest absolute Gasteiger partial charge is 0.344 e. The number of esters is 1. The van der Waals surface area contributed by atoms with Crippen molar-refractivity contribution in [1.29, 1.82) is 0 Å². The second kappa shape index (κ2) is 7.92. The number of aromatic nitrogens is 2. The molecular weight excluding hydrogens is 392 g/mol. The number of nitrogens with zero attached hydrogens (tertiary/aromatic N) is 2. The van der Waals surface area contributed by atoms with Gasteiger partial charge in [0.05, 0.1) is 29.3 Å². The lowest BCUT2D eigenvalue weighted by Crippen LogP contribution is -2.22. The van der Waals surface area contributed by atoms with Gasteiger partial charge < -0.3 is 14.2 Å². The largest absolute Gasteiger partial charge is 0.493 e. The molecule has 0 radical (unpaired) electrons. The van der Waals surface area contributed by atoms with E-state index in [2.05, 4.69) is 4.98 Å². The van der Waals surface area contributed by atoms with Gasteiger partial charge in [-0.3, -0.25) is 4.79 Å². The molecular formula is C21H18N2O5S. The summed E-state index contributed by atoms with van der Waals surface area (Å²) in [7, 11) is 1.52. The van der Waals surface area contributed by atoms with Gasteiger partial charge in [-0.05, 0) is 42.8 Å². The number of hydrogen-bond acceptors (Lipinski definition) is 7. The van der Waals surface area contributed by atoms with Crippen molar-refractivity contribution in [2.75, 3.05) is 20.3 Å². The predicted molar refractivity (Wildman–Crippen MR) is 111 cm³/mol. The Labute approximate surface area is 169 Å². The van der Waals surface area contributed by atoms with E-state index in [0.29, 0.717) is 21.0 Å². The fourth-order valence-corrected chi connectivity index (χ4v) is 3.99. The zero-order valence-electron chi connectivity index (χ0n) is 15.9. The second-order valence-corrected chi connectivity index (χ2v) is 7.15. The Hall–Kier alpha value is -3.39. The summed E-state index contributed by atoms with van der Waals surface area (Å²) in [6, 6.07) is 12.8. The quantitative estimate of drug-likeness (QED) is 0.454. The first kappa shape index (κ1) is 18.9. The van der Waals surface area contributed by atoms with Crippen LogP contribution >= 0.6 is 11.3 Å².